The Hall–Kier alpha value is -3.39. The molecule has 2 aromatic rings. The van der Waals surface area contributed by atoms with Crippen molar-refractivity contribution in [3.05, 3.63) is 59.7 Å². The summed E-state index contributed by atoms with van der Waals surface area (Å²) in [5.41, 5.74) is 2.92. The number of aliphatic carboxylic acids is 1. The summed E-state index contributed by atoms with van der Waals surface area (Å²) in [5.74, 6) is -1.23. The number of hydrogen-bond acceptors (Lipinski definition) is 5. The molecule has 0 aromatic heterocycles. The third kappa shape index (κ3) is 4.50. The first kappa shape index (κ1) is 23.4. The van der Waals surface area contributed by atoms with Crippen molar-refractivity contribution in [1.29, 1.82) is 0 Å². The fourth-order valence-electron chi connectivity index (χ4n) is 5.63. The molecule has 2 fully saturated rings. The van der Waals surface area contributed by atoms with Crippen molar-refractivity contribution in [2.24, 2.45) is 11.8 Å². The number of ether oxygens (including phenoxy) is 1. The van der Waals surface area contributed by atoms with E-state index in [-0.39, 0.29) is 43.4 Å². The second kappa shape index (κ2) is 9.34. The lowest BCUT2D eigenvalue weighted by Gasteiger charge is -2.45. The standard InChI is InChI=1S/C27H30N2O6/c30-24(29-15-27(34,16-29)25(31)32)18-11-9-17(10-12-18)13-28-26(33)35-14-23-21-7-3-1-5-19(21)20-6-2-4-8-22(20)23/h1-8,17-18,23,34H,9-16H2,(H,28,33)(H,31,32). The van der Waals surface area contributed by atoms with Gasteiger partial charge in [-0.1, -0.05) is 48.5 Å². The van der Waals surface area contributed by atoms with Crippen LogP contribution in [0.5, 0.6) is 0 Å². The minimum atomic E-state index is -1.81. The molecule has 184 valence electrons. The molecule has 8 nitrogen and oxygen atoms in total. The molecule has 2 aromatic carbocycles. The minimum absolute atomic E-state index is 0.0230. The normalized spacial score (nSPS) is 22.5. The molecule has 0 bridgehead atoms. The Bertz CT molecular complexity index is 1090. The van der Waals surface area contributed by atoms with E-state index >= 15 is 0 Å². The van der Waals surface area contributed by atoms with Crippen LogP contribution in [-0.4, -0.2) is 64.9 Å². The maximum absolute atomic E-state index is 12.6. The number of hydrogen-bond donors (Lipinski definition) is 3. The van der Waals surface area contributed by atoms with Gasteiger partial charge in [0.15, 0.2) is 5.60 Å². The zero-order chi connectivity index (χ0) is 24.6. The van der Waals surface area contributed by atoms with Gasteiger partial charge in [0.2, 0.25) is 5.91 Å². The maximum atomic E-state index is 12.6. The maximum Gasteiger partial charge on any atom is 0.407 e. The SMILES string of the molecule is O=C(NCC1CCC(C(=O)N2CC(O)(C(=O)O)C2)CC1)OCC1c2ccccc2-c2ccccc21. The fraction of sp³-hybridized carbons (Fsp3) is 0.444. The van der Waals surface area contributed by atoms with Gasteiger partial charge in [0.05, 0.1) is 13.1 Å². The highest BCUT2D eigenvalue weighted by Gasteiger charge is 2.51. The molecule has 5 rings (SSSR count). The fourth-order valence-corrected chi connectivity index (χ4v) is 5.63. The van der Waals surface area contributed by atoms with E-state index in [1.807, 2.05) is 24.3 Å². The molecule has 0 radical (unpaired) electrons. The molecule has 1 heterocycles. The average molecular weight is 479 g/mol. The number of rotatable bonds is 6. The molecule has 3 N–H and O–H groups in total. The summed E-state index contributed by atoms with van der Waals surface area (Å²) in [6.07, 6.45) is 2.56. The van der Waals surface area contributed by atoms with Gasteiger partial charge in [-0.2, -0.15) is 0 Å². The Morgan fingerprint density at radius 1 is 0.943 bits per heavy atom. The van der Waals surface area contributed by atoms with E-state index in [0.717, 1.165) is 12.8 Å². The molecular formula is C27H30N2O6. The summed E-state index contributed by atoms with van der Waals surface area (Å²) in [7, 11) is 0. The Kier molecular flexibility index (Phi) is 6.23. The Morgan fingerprint density at radius 3 is 2.09 bits per heavy atom. The van der Waals surface area contributed by atoms with Gasteiger partial charge in [0.25, 0.3) is 0 Å². The highest BCUT2D eigenvalue weighted by atomic mass is 16.5. The molecule has 2 aliphatic carbocycles. The van der Waals surface area contributed by atoms with Crippen molar-refractivity contribution in [3.63, 3.8) is 0 Å². The summed E-state index contributed by atoms with van der Waals surface area (Å²) in [5, 5.41) is 21.7. The van der Waals surface area contributed by atoms with Crippen LogP contribution in [0.1, 0.15) is 42.7 Å². The molecule has 1 saturated carbocycles. The quantitative estimate of drug-likeness (QED) is 0.588. The van der Waals surface area contributed by atoms with E-state index in [4.69, 9.17) is 9.84 Å². The number of carboxylic acid groups (broad SMARTS) is 1. The van der Waals surface area contributed by atoms with Gasteiger partial charge in [-0.15, -0.1) is 0 Å². The van der Waals surface area contributed by atoms with Crippen LogP contribution >= 0.6 is 0 Å². The van der Waals surface area contributed by atoms with Crippen LogP contribution in [-0.2, 0) is 14.3 Å². The van der Waals surface area contributed by atoms with E-state index in [1.165, 1.54) is 27.2 Å². The lowest BCUT2D eigenvalue weighted by atomic mass is 9.80. The first-order valence-electron chi connectivity index (χ1n) is 12.2. The van der Waals surface area contributed by atoms with Crippen molar-refractivity contribution in [3.8, 4) is 11.1 Å². The monoisotopic (exact) mass is 478 g/mol. The van der Waals surface area contributed by atoms with Crippen molar-refractivity contribution in [2.45, 2.75) is 37.2 Å². The number of nitrogens with zero attached hydrogens (tertiary/aromatic N) is 1. The van der Waals surface area contributed by atoms with E-state index in [2.05, 4.69) is 29.6 Å². The van der Waals surface area contributed by atoms with Crippen LogP contribution in [0.3, 0.4) is 0 Å². The van der Waals surface area contributed by atoms with Crippen molar-refractivity contribution < 1.29 is 29.3 Å². The summed E-state index contributed by atoms with van der Waals surface area (Å²) in [6.45, 7) is 0.481. The highest BCUT2D eigenvalue weighted by molar-refractivity contribution is 5.86. The molecular weight excluding hydrogens is 448 g/mol. The summed E-state index contributed by atoms with van der Waals surface area (Å²) in [6, 6.07) is 16.4. The van der Waals surface area contributed by atoms with Crippen LogP contribution in [0.4, 0.5) is 4.79 Å². The number of likely N-dealkylation sites (tertiary alicyclic amines) is 1. The lowest BCUT2D eigenvalue weighted by molar-refractivity contribution is -0.184. The number of aliphatic hydroxyl groups is 1. The summed E-state index contributed by atoms with van der Waals surface area (Å²) < 4.78 is 5.60. The van der Waals surface area contributed by atoms with Crippen LogP contribution < -0.4 is 5.32 Å². The Balaban J connectivity index is 1.06. The van der Waals surface area contributed by atoms with Crippen LogP contribution in [0.2, 0.25) is 0 Å². The van der Waals surface area contributed by atoms with Crippen LogP contribution in [0.15, 0.2) is 48.5 Å². The number of amides is 2. The number of alkyl carbamates (subject to hydrolysis) is 1. The molecule has 35 heavy (non-hydrogen) atoms. The van der Waals surface area contributed by atoms with Gasteiger partial charge >= 0.3 is 12.1 Å². The van der Waals surface area contributed by atoms with Gasteiger partial charge in [-0.25, -0.2) is 9.59 Å². The van der Waals surface area contributed by atoms with Gasteiger partial charge in [0.1, 0.15) is 6.61 Å². The third-order valence-electron chi connectivity index (χ3n) is 7.69. The first-order chi connectivity index (χ1) is 16.9. The Morgan fingerprint density at radius 2 is 1.51 bits per heavy atom. The smallest absolute Gasteiger partial charge is 0.407 e. The zero-order valence-electron chi connectivity index (χ0n) is 19.5. The predicted octanol–water partition coefficient (Wildman–Crippen LogP) is 2.99. The van der Waals surface area contributed by atoms with Crippen LogP contribution in [0, 0.1) is 11.8 Å². The number of fused-ring (bicyclic) bond motifs is 3. The average Bonchev–Trinajstić information content (AvgIpc) is 3.17. The molecule has 8 heteroatoms. The molecule has 3 aliphatic rings. The number of carboxylic acids is 1. The highest BCUT2D eigenvalue weighted by Crippen LogP contribution is 2.44. The topological polar surface area (TPSA) is 116 Å². The molecule has 2 amide bonds. The van der Waals surface area contributed by atoms with Gasteiger partial charge in [-0.3, -0.25) is 4.79 Å². The van der Waals surface area contributed by atoms with Crippen LogP contribution in [0.25, 0.3) is 11.1 Å². The molecule has 1 aliphatic heterocycles. The minimum Gasteiger partial charge on any atom is -0.479 e. The number of carbonyl (C=O) groups is 3. The number of carbonyl (C=O) groups excluding carboxylic acids is 2. The zero-order valence-corrected chi connectivity index (χ0v) is 19.5. The first-order valence-corrected chi connectivity index (χ1v) is 12.2. The molecule has 0 atom stereocenters. The molecule has 0 unspecified atom stereocenters. The van der Waals surface area contributed by atoms with E-state index < -0.39 is 17.7 Å². The number of β-amino-alcohol motifs (C(OH)–C–C–N with tert-alkyl or cyclic N) is 1. The number of benzene rings is 2. The molecule has 1 saturated heterocycles. The van der Waals surface area contributed by atoms with Crippen molar-refractivity contribution in [2.75, 3.05) is 26.2 Å². The number of nitrogens with one attached hydrogen (secondary N) is 1. The molecule has 0 spiro atoms. The second-order valence-electron chi connectivity index (χ2n) is 9.96. The Labute approximate surface area is 203 Å². The third-order valence-corrected chi connectivity index (χ3v) is 7.69. The predicted molar refractivity (Wildman–Crippen MR) is 128 cm³/mol. The van der Waals surface area contributed by atoms with E-state index in [9.17, 15) is 19.5 Å². The van der Waals surface area contributed by atoms with Gasteiger partial charge in [0, 0.05) is 18.4 Å². The van der Waals surface area contributed by atoms with E-state index in [0.29, 0.717) is 19.4 Å². The van der Waals surface area contributed by atoms with E-state index in [1.54, 1.807) is 0 Å². The van der Waals surface area contributed by atoms with Gasteiger partial charge < -0.3 is 25.2 Å². The largest absolute Gasteiger partial charge is 0.479 e. The summed E-state index contributed by atoms with van der Waals surface area (Å²) in [4.78, 5) is 37.4. The van der Waals surface area contributed by atoms with Gasteiger partial charge in [-0.05, 0) is 53.9 Å². The van der Waals surface area contributed by atoms with Crippen molar-refractivity contribution >= 4 is 18.0 Å². The lowest BCUT2D eigenvalue weighted by Crippen LogP contribution is -2.68. The summed E-state index contributed by atoms with van der Waals surface area (Å²) >= 11 is 0. The van der Waals surface area contributed by atoms with Crippen molar-refractivity contribution in [1.82, 2.24) is 10.2 Å². The second-order valence-corrected chi connectivity index (χ2v) is 9.96.